The van der Waals surface area contributed by atoms with E-state index in [1.807, 2.05) is 0 Å². The largest absolute Gasteiger partial charge is 0.496 e. The molecule has 0 fully saturated rings. The molecule has 5 heteroatoms. The molecule has 1 heterocycles. The Morgan fingerprint density at radius 3 is 2.64 bits per heavy atom. The monoisotopic (exact) mass is 197 g/mol. The van der Waals surface area contributed by atoms with Crippen LogP contribution in [0.2, 0.25) is 0 Å². The van der Waals surface area contributed by atoms with Crippen molar-refractivity contribution in [1.82, 2.24) is 4.98 Å². The number of ether oxygens (including phenoxy) is 2. The van der Waals surface area contributed by atoms with Crippen LogP contribution in [0.5, 0.6) is 11.6 Å². The number of carbonyl (C=O) groups is 1. The molecule has 0 atom stereocenters. The predicted molar refractivity (Wildman–Crippen MR) is 48.7 cm³/mol. The first-order valence-corrected chi connectivity index (χ1v) is 3.96. The van der Waals surface area contributed by atoms with Crippen molar-refractivity contribution in [3.8, 4) is 11.6 Å². The number of rotatable bonds is 4. The van der Waals surface area contributed by atoms with E-state index >= 15 is 0 Å². The fourth-order valence-electron chi connectivity index (χ4n) is 1.00. The lowest BCUT2D eigenvalue weighted by atomic mass is 10.2. The first-order chi connectivity index (χ1) is 6.65. The first kappa shape index (κ1) is 10.3. The third kappa shape index (κ3) is 2.62. The average molecular weight is 197 g/mol. The summed E-state index contributed by atoms with van der Waals surface area (Å²) in [6.07, 6.45) is -0.145. The van der Waals surface area contributed by atoms with Crippen LogP contribution >= 0.6 is 0 Å². The molecule has 0 saturated heterocycles. The van der Waals surface area contributed by atoms with Crippen LogP contribution in [-0.4, -0.2) is 30.3 Å². The van der Waals surface area contributed by atoms with Gasteiger partial charge < -0.3 is 14.6 Å². The number of nitrogens with zero attached hydrogens (tertiary/aromatic N) is 1. The minimum atomic E-state index is -0.937. The maximum atomic E-state index is 10.4. The van der Waals surface area contributed by atoms with Crippen LogP contribution in [0.25, 0.3) is 0 Å². The fraction of sp³-hybridized carbons (Fsp3) is 0.333. The summed E-state index contributed by atoms with van der Waals surface area (Å²) in [6.45, 7) is 0. The second-order valence-corrected chi connectivity index (χ2v) is 2.61. The Kier molecular flexibility index (Phi) is 3.28. The van der Waals surface area contributed by atoms with Crippen molar-refractivity contribution in [2.75, 3.05) is 14.2 Å². The van der Waals surface area contributed by atoms with E-state index in [0.29, 0.717) is 17.3 Å². The summed E-state index contributed by atoms with van der Waals surface area (Å²) in [5.74, 6) is -0.0542. The van der Waals surface area contributed by atoms with Crippen LogP contribution in [0.1, 0.15) is 5.69 Å². The van der Waals surface area contributed by atoms with Crippen molar-refractivity contribution in [2.24, 2.45) is 0 Å². The van der Waals surface area contributed by atoms with Crippen molar-refractivity contribution in [1.29, 1.82) is 0 Å². The van der Waals surface area contributed by atoms with Gasteiger partial charge in [0.2, 0.25) is 5.88 Å². The van der Waals surface area contributed by atoms with Gasteiger partial charge in [-0.2, -0.15) is 0 Å². The van der Waals surface area contributed by atoms with Crippen LogP contribution < -0.4 is 9.47 Å². The van der Waals surface area contributed by atoms with Crippen LogP contribution in [0, 0.1) is 0 Å². The second kappa shape index (κ2) is 4.45. The molecule has 76 valence electrons. The summed E-state index contributed by atoms with van der Waals surface area (Å²) in [7, 11) is 2.96. The molecule has 0 aliphatic heterocycles. The highest BCUT2D eigenvalue weighted by Crippen LogP contribution is 2.18. The molecule has 0 radical (unpaired) electrons. The van der Waals surface area contributed by atoms with E-state index in [9.17, 15) is 4.79 Å². The Balaban J connectivity index is 2.98. The molecule has 0 saturated carbocycles. The molecule has 0 spiro atoms. The van der Waals surface area contributed by atoms with Gasteiger partial charge in [-0.15, -0.1) is 0 Å². The molecule has 1 N–H and O–H groups in total. The van der Waals surface area contributed by atoms with Crippen molar-refractivity contribution < 1.29 is 19.4 Å². The quantitative estimate of drug-likeness (QED) is 0.770. The minimum Gasteiger partial charge on any atom is -0.496 e. The normalized spacial score (nSPS) is 9.57. The zero-order valence-corrected chi connectivity index (χ0v) is 7.98. The Labute approximate surface area is 81.3 Å². The summed E-state index contributed by atoms with van der Waals surface area (Å²) < 4.78 is 9.86. The Morgan fingerprint density at radius 2 is 2.14 bits per heavy atom. The minimum absolute atomic E-state index is 0.145. The lowest BCUT2D eigenvalue weighted by Crippen LogP contribution is -2.03. The number of aromatic nitrogens is 1. The zero-order chi connectivity index (χ0) is 10.6. The van der Waals surface area contributed by atoms with Crippen molar-refractivity contribution in [2.45, 2.75) is 6.42 Å². The predicted octanol–water partition coefficient (Wildman–Crippen LogP) is 0.726. The number of pyridine rings is 1. The van der Waals surface area contributed by atoms with E-state index in [-0.39, 0.29) is 6.42 Å². The molecule has 0 aliphatic rings. The topological polar surface area (TPSA) is 68.7 Å². The smallest absolute Gasteiger partial charge is 0.309 e. The van der Waals surface area contributed by atoms with Gasteiger partial charge in [-0.05, 0) is 0 Å². The van der Waals surface area contributed by atoms with E-state index in [4.69, 9.17) is 14.6 Å². The van der Waals surface area contributed by atoms with Gasteiger partial charge in [-0.1, -0.05) is 0 Å². The third-order valence-electron chi connectivity index (χ3n) is 1.61. The van der Waals surface area contributed by atoms with Gasteiger partial charge in [0.25, 0.3) is 0 Å². The van der Waals surface area contributed by atoms with E-state index < -0.39 is 5.97 Å². The summed E-state index contributed by atoms with van der Waals surface area (Å²) in [5.41, 5.74) is 0.411. The lowest BCUT2D eigenvalue weighted by molar-refractivity contribution is -0.136. The SMILES string of the molecule is COc1cc(CC(=O)O)nc(OC)c1. The standard InChI is InChI=1S/C9H11NO4/c1-13-7-3-6(4-9(11)12)10-8(5-7)14-2/h3,5H,4H2,1-2H3,(H,11,12). The molecule has 1 aromatic rings. The van der Waals surface area contributed by atoms with Gasteiger partial charge in [-0.3, -0.25) is 4.79 Å². The highest BCUT2D eigenvalue weighted by molar-refractivity contribution is 5.69. The van der Waals surface area contributed by atoms with Crippen LogP contribution in [0.15, 0.2) is 12.1 Å². The third-order valence-corrected chi connectivity index (χ3v) is 1.61. The maximum absolute atomic E-state index is 10.4. The van der Waals surface area contributed by atoms with E-state index in [1.165, 1.54) is 14.2 Å². The highest BCUT2D eigenvalue weighted by atomic mass is 16.5. The van der Waals surface area contributed by atoms with Crippen molar-refractivity contribution in [3.05, 3.63) is 17.8 Å². The summed E-state index contributed by atoms with van der Waals surface area (Å²) in [4.78, 5) is 14.4. The van der Waals surface area contributed by atoms with Gasteiger partial charge in [-0.25, -0.2) is 4.98 Å². The Bertz CT molecular complexity index is 315. The summed E-state index contributed by atoms with van der Waals surface area (Å²) in [5, 5.41) is 8.57. The molecule has 0 bridgehead atoms. The van der Waals surface area contributed by atoms with E-state index in [2.05, 4.69) is 4.98 Å². The molecule has 0 aromatic carbocycles. The van der Waals surface area contributed by atoms with Crippen molar-refractivity contribution >= 4 is 5.97 Å². The number of hydrogen-bond donors (Lipinski definition) is 1. The van der Waals surface area contributed by atoms with Gasteiger partial charge in [0.15, 0.2) is 0 Å². The number of hydrogen-bond acceptors (Lipinski definition) is 4. The summed E-state index contributed by atoms with van der Waals surface area (Å²) in [6, 6.07) is 3.15. The van der Waals surface area contributed by atoms with E-state index in [1.54, 1.807) is 12.1 Å². The molecule has 14 heavy (non-hydrogen) atoms. The molecule has 1 aromatic heterocycles. The number of methoxy groups -OCH3 is 2. The van der Waals surface area contributed by atoms with Crippen LogP contribution in [0.3, 0.4) is 0 Å². The van der Waals surface area contributed by atoms with E-state index in [0.717, 1.165) is 0 Å². The Morgan fingerprint density at radius 1 is 1.43 bits per heavy atom. The van der Waals surface area contributed by atoms with Crippen LogP contribution in [-0.2, 0) is 11.2 Å². The second-order valence-electron chi connectivity index (χ2n) is 2.61. The van der Waals surface area contributed by atoms with Gasteiger partial charge in [0.05, 0.1) is 26.3 Å². The molecule has 1 rings (SSSR count). The maximum Gasteiger partial charge on any atom is 0.309 e. The highest BCUT2D eigenvalue weighted by Gasteiger charge is 2.06. The van der Waals surface area contributed by atoms with Gasteiger partial charge in [0, 0.05) is 12.1 Å². The molecule has 5 nitrogen and oxygen atoms in total. The fourth-order valence-corrected chi connectivity index (χ4v) is 1.00. The number of aliphatic carboxylic acids is 1. The van der Waals surface area contributed by atoms with Gasteiger partial charge in [0.1, 0.15) is 5.75 Å². The number of carboxylic acids is 1. The van der Waals surface area contributed by atoms with Gasteiger partial charge >= 0.3 is 5.97 Å². The van der Waals surface area contributed by atoms with Crippen LogP contribution in [0.4, 0.5) is 0 Å². The summed E-state index contributed by atoms with van der Waals surface area (Å²) >= 11 is 0. The zero-order valence-electron chi connectivity index (χ0n) is 7.98. The molecule has 0 unspecified atom stereocenters. The first-order valence-electron chi connectivity index (χ1n) is 3.96. The number of carboxylic acid groups (broad SMARTS) is 1. The lowest BCUT2D eigenvalue weighted by Gasteiger charge is -2.05. The average Bonchev–Trinajstić information content (AvgIpc) is 2.16. The molecule has 0 aliphatic carbocycles. The molecular formula is C9H11NO4. The Hall–Kier alpha value is -1.78. The molecular weight excluding hydrogens is 186 g/mol. The van der Waals surface area contributed by atoms with Crippen molar-refractivity contribution in [3.63, 3.8) is 0 Å². The molecule has 0 amide bonds.